The van der Waals surface area contributed by atoms with Gasteiger partial charge in [0.2, 0.25) is 0 Å². The van der Waals surface area contributed by atoms with Crippen LogP contribution >= 0.6 is 0 Å². The fraction of sp³-hybridized carbons (Fsp3) is 0.333. The smallest absolute Gasteiger partial charge is 0.152 e. The Kier molecular flexibility index (Phi) is 5.65. The highest BCUT2D eigenvalue weighted by atomic mass is 16.3. The van der Waals surface area contributed by atoms with Crippen LogP contribution in [0, 0.1) is 17.3 Å². The zero-order chi connectivity index (χ0) is 22.0. The maximum atomic E-state index is 10.3. The zero-order valence-electron chi connectivity index (χ0n) is 18.0. The van der Waals surface area contributed by atoms with Gasteiger partial charge in [-0.05, 0) is 53.7 Å². The number of piperidine rings is 1. The Bertz CT molecular complexity index is 1130. The SMILES string of the molecule is OCc1nc(C#CC(O)c2ccccc2)cnc1N1CCC2(CC1)Cc1ccccc1C2. The molecule has 162 valence electrons. The van der Waals surface area contributed by atoms with Gasteiger partial charge in [0, 0.05) is 13.1 Å². The second kappa shape index (κ2) is 8.74. The van der Waals surface area contributed by atoms with E-state index in [0.29, 0.717) is 16.8 Å². The van der Waals surface area contributed by atoms with Crippen molar-refractivity contribution in [3.8, 4) is 11.8 Å². The van der Waals surface area contributed by atoms with Crippen molar-refractivity contribution in [2.45, 2.75) is 38.4 Å². The van der Waals surface area contributed by atoms with E-state index in [1.807, 2.05) is 30.3 Å². The first kappa shape index (κ1) is 20.7. The number of aliphatic hydroxyl groups excluding tert-OH is 2. The monoisotopic (exact) mass is 425 g/mol. The van der Waals surface area contributed by atoms with E-state index < -0.39 is 6.10 Å². The third-order valence-corrected chi connectivity index (χ3v) is 6.80. The van der Waals surface area contributed by atoms with Gasteiger partial charge in [0.1, 0.15) is 17.5 Å². The van der Waals surface area contributed by atoms with Gasteiger partial charge in [0.25, 0.3) is 0 Å². The van der Waals surface area contributed by atoms with Crippen molar-refractivity contribution in [1.29, 1.82) is 0 Å². The predicted molar refractivity (Wildman–Crippen MR) is 124 cm³/mol. The lowest BCUT2D eigenvalue weighted by molar-refractivity contribution is 0.231. The average Bonchev–Trinajstić information content (AvgIpc) is 3.21. The van der Waals surface area contributed by atoms with Gasteiger partial charge >= 0.3 is 0 Å². The number of hydrogen-bond donors (Lipinski definition) is 2. The quantitative estimate of drug-likeness (QED) is 0.629. The van der Waals surface area contributed by atoms with Crippen LogP contribution < -0.4 is 4.90 Å². The maximum absolute atomic E-state index is 10.3. The van der Waals surface area contributed by atoms with Crippen LogP contribution in [0.3, 0.4) is 0 Å². The fourth-order valence-electron chi connectivity index (χ4n) is 5.03. The molecule has 2 N–H and O–H groups in total. The molecule has 2 aliphatic rings. The highest BCUT2D eigenvalue weighted by Crippen LogP contribution is 2.45. The number of fused-ring (bicyclic) bond motifs is 1. The molecule has 3 aromatic rings. The van der Waals surface area contributed by atoms with Crippen molar-refractivity contribution in [3.05, 3.63) is 88.9 Å². The second-order valence-electron chi connectivity index (χ2n) is 8.88. The highest BCUT2D eigenvalue weighted by molar-refractivity contribution is 5.46. The summed E-state index contributed by atoms with van der Waals surface area (Å²) < 4.78 is 0. The molecule has 5 nitrogen and oxygen atoms in total. The Labute approximate surface area is 188 Å². The summed E-state index contributed by atoms with van der Waals surface area (Å²) in [6, 6.07) is 18.1. The summed E-state index contributed by atoms with van der Waals surface area (Å²) in [7, 11) is 0. The number of benzene rings is 2. The molecule has 2 heterocycles. The molecule has 32 heavy (non-hydrogen) atoms. The molecule has 1 aromatic heterocycles. The van der Waals surface area contributed by atoms with Gasteiger partial charge in [0.15, 0.2) is 5.82 Å². The Hall–Kier alpha value is -3.20. The van der Waals surface area contributed by atoms with Crippen LogP contribution in [-0.2, 0) is 19.4 Å². The minimum atomic E-state index is -0.885. The molecular formula is C27H27N3O2. The topological polar surface area (TPSA) is 69.5 Å². The molecular weight excluding hydrogens is 398 g/mol. The van der Waals surface area contributed by atoms with Gasteiger partial charge in [-0.2, -0.15) is 0 Å². The van der Waals surface area contributed by atoms with Crippen molar-refractivity contribution in [1.82, 2.24) is 9.97 Å². The molecule has 1 saturated heterocycles. The Morgan fingerprint density at radius 3 is 2.28 bits per heavy atom. The van der Waals surface area contributed by atoms with Crippen LogP contribution in [-0.4, -0.2) is 33.3 Å². The summed E-state index contributed by atoms with van der Waals surface area (Å²) >= 11 is 0. The molecule has 0 bridgehead atoms. The molecule has 1 unspecified atom stereocenters. The number of nitrogens with zero attached hydrogens (tertiary/aromatic N) is 3. The molecule has 2 aromatic carbocycles. The lowest BCUT2D eigenvalue weighted by atomic mass is 9.76. The van der Waals surface area contributed by atoms with Crippen LogP contribution in [0.5, 0.6) is 0 Å². The first-order valence-corrected chi connectivity index (χ1v) is 11.2. The van der Waals surface area contributed by atoms with Gasteiger partial charge in [-0.1, -0.05) is 60.5 Å². The normalized spacial score (nSPS) is 17.5. The third-order valence-electron chi connectivity index (χ3n) is 6.80. The molecule has 5 heteroatoms. The average molecular weight is 426 g/mol. The lowest BCUT2D eigenvalue weighted by Gasteiger charge is -2.40. The van der Waals surface area contributed by atoms with E-state index in [1.54, 1.807) is 6.20 Å². The number of anilines is 1. The summed E-state index contributed by atoms with van der Waals surface area (Å²) in [5.74, 6) is 6.45. The van der Waals surface area contributed by atoms with Crippen LogP contribution in [0.1, 0.15) is 47.0 Å². The Morgan fingerprint density at radius 2 is 1.62 bits per heavy atom. The van der Waals surface area contributed by atoms with Gasteiger partial charge < -0.3 is 15.1 Å². The maximum Gasteiger partial charge on any atom is 0.152 e. The van der Waals surface area contributed by atoms with E-state index >= 15 is 0 Å². The fourth-order valence-corrected chi connectivity index (χ4v) is 5.03. The first-order valence-electron chi connectivity index (χ1n) is 11.2. The molecule has 0 amide bonds. The van der Waals surface area contributed by atoms with Crippen molar-refractivity contribution in [2.24, 2.45) is 5.41 Å². The van der Waals surface area contributed by atoms with Gasteiger partial charge in [-0.3, -0.25) is 0 Å². The van der Waals surface area contributed by atoms with E-state index in [4.69, 9.17) is 0 Å². The van der Waals surface area contributed by atoms with E-state index in [0.717, 1.165) is 50.2 Å². The van der Waals surface area contributed by atoms with Crippen LogP contribution in [0.15, 0.2) is 60.8 Å². The molecule has 1 aliphatic heterocycles. The number of aliphatic hydroxyl groups is 2. The summed E-state index contributed by atoms with van der Waals surface area (Å²) in [5, 5.41) is 20.2. The van der Waals surface area contributed by atoms with E-state index in [9.17, 15) is 10.2 Å². The number of aromatic nitrogens is 2. The van der Waals surface area contributed by atoms with E-state index in [1.165, 1.54) is 11.1 Å². The Balaban J connectivity index is 1.28. The first-order chi connectivity index (χ1) is 15.7. The van der Waals surface area contributed by atoms with Crippen molar-refractivity contribution < 1.29 is 10.2 Å². The zero-order valence-corrected chi connectivity index (χ0v) is 18.0. The summed E-state index contributed by atoms with van der Waals surface area (Å²) in [6.07, 6.45) is 5.29. The molecule has 1 aliphatic carbocycles. The minimum absolute atomic E-state index is 0.188. The highest BCUT2D eigenvalue weighted by Gasteiger charge is 2.40. The van der Waals surface area contributed by atoms with E-state index in [2.05, 4.69) is 51.0 Å². The molecule has 1 atom stereocenters. The molecule has 0 saturated carbocycles. The van der Waals surface area contributed by atoms with Crippen LogP contribution in [0.2, 0.25) is 0 Å². The minimum Gasteiger partial charge on any atom is -0.390 e. The van der Waals surface area contributed by atoms with Gasteiger partial charge in [-0.25, -0.2) is 9.97 Å². The van der Waals surface area contributed by atoms with Crippen molar-refractivity contribution >= 4 is 5.82 Å². The molecule has 1 fully saturated rings. The molecule has 0 radical (unpaired) electrons. The standard InChI is InChI=1S/C27H27N3O2/c31-19-24-26(28-18-23(29-24)10-11-25(32)20-6-2-1-3-7-20)30-14-12-27(13-15-30)16-21-8-4-5-9-22(21)17-27/h1-9,18,25,31-32H,12-17,19H2. The van der Waals surface area contributed by atoms with E-state index in [-0.39, 0.29) is 6.61 Å². The largest absolute Gasteiger partial charge is 0.390 e. The third kappa shape index (κ3) is 4.12. The van der Waals surface area contributed by atoms with Gasteiger partial charge in [0.05, 0.1) is 12.8 Å². The van der Waals surface area contributed by atoms with Crippen LogP contribution in [0.4, 0.5) is 5.82 Å². The van der Waals surface area contributed by atoms with Crippen molar-refractivity contribution in [3.63, 3.8) is 0 Å². The lowest BCUT2D eigenvalue weighted by Crippen LogP contribution is -2.41. The molecule has 5 rings (SSSR count). The predicted octanol–water partition coefficient (Wildman–Crippen LogP) is 3.44. The number of hydrogen-bond acceptors (Lipinski definition) is 5. The van der Waals surface area contributed by atoms with Gasteiger partial charge in [-0.15, -0.1) is 0 Å². The second-order valence-corrected chi connectivity index (χ2v) is 8.88. The summed E-state index contributed by atoms with van der Waals surface area (Å²) in [6.45, 7) is 1.63. The number of rotatable bonds is 3. The molecule has 1 spiro atoms. The van der Waals surface area contributed by atoms with Crippen molar-refractivity contribution in [2.75, 3.05) is 18.0 Å². The van der Waals surface area contributed by atoms with Crippen LogP contribution in [0.25, 0.3) is 0 Å². The Morgan fingerprint density at radius 1 is 0.969 bits per heavy atom. The summed E-state index contributed by atoms with van der Waals surface area (Å²) in [5.41, 5.74) is 5.08. The summed E-state index contributed by atoms with van der Waals surface area (Å²) in [4.78, 5) is 11.4.